The number of rotatable bonds is 11. The summed E-state index contributed by atoms with van der Waals surface area (Å²) >= 11 is 6.47. The van der Waals surface area contributed by atoms with Gasteiger partial charge in [0, 0.05) is 36.4 Å². The number of anilines is 2. The molecule has 0 spiro atoms. The molecular weight excluding hydrogens is 611 g/mol. The molecule has 0 bridgehead atoms. The average Bonchev–Trinajstić information content (AvgIpc) is 3.43. The molecule has 3 N–H and O–H groups in total. The number of carboxylic acids is 1. The molecule has 0 radical (unpaired) electrons. The predicted molar refractivity (Wildman–Crippen MR) is 167 cm³/mol. The Hall–Kier alpha value is -4.52. The number of sulfone groups is 1. The van der Waals surface area contributed by atoms with E-state index in [1.165, 1.54) is 24.7 Å². The van der Waals surface area contributed by atoms with Gasteiger partial charge in [0.05, 0.1) is 22.8 Å². The summed E-state index contributed by atoms with van der Waals surface area (Å²) in [4.78, 5) is 17.8. The predicted octanol–water partition coefficient (Wildman–Crippen LogP) is 6.23. The maximum absolute atomic E-state index is 13.4. The van der Waals surface area contributed by atoms with Crippen LogP contribution >= 0.6 is 11.6 Å². The number of nitrogens with zero attached hydrogens (tertiary/aromatic N) is 2. The minimum atomic E-state index is -3.02. The lowest BCUT2D eigenvalue weighted by Gasteiger charge is -2.12. The van der Waals surface area contributed by atoms with Crippen LogP contribution in [-0.4, -0.2) is 48.0 Å². The van der Waals surface area contributed by atoms with Crippen LogP contribution in [-0.2, 0) is 27.8 Å². The molecule has 0 fully saturated rings. The number of halogens is 2. The molecular formula is C31H30ClFN4O6S. The van der Waals surface area contributed by atoms with E-state index in [9.17, 15) is 12.8 Å². The molecule has 0 saturated heterocycles. The first kappa shape index (κ1) is 32.4. The number of fused-ring (bicyclic) bond motifs is 1. The summed E-state index contributed by atoms with van der Waals surface area (Å²) in [5.74, 6) is 1.34. The van der Waals surface area contributed by atoms with Gasteiger partial charge in [-0.15, -0.1) is 0 Å². The van der Waals surface area contributed by atoms with Crippen LogP contribution < -0.4 is 15.4 Å². The highest BCUT2D eigenvalue weighted by Crippen LogP contribution is 2.32. The molecule has 2 aromatic heterocycles. The third-order valence-electron chi connectivity index (χ3n) is 6.01. The van der Waals surface area contributed by atoms with E-state index in [0.717, 1.165) is 23.4 Å². The number of hydrogen-bond acceptors (Lipinski definition) is 9. The molecule has 0 unspecified atom stereocenters. The van der Waals surface area contributed by atoms with E-state index in [1.807, 2.05) is 36.4 Å². The fourth-order valence-corrected chi connectivity index (χ4v) is 4.78. The summed E-state index contributed by atoms with van der Waals surface area (Å²) in [6, 6.07) is 21.0. The molecule has 3 aromatic carbocycles. The zero-order chi connectivity index (χ0) is 31.7. The molecule has 5 aromatic rings. The lowest BCUT2D eigenvalue weighted by molar-refractivity contribution is -0.134. The quantitative estimate of drug-likeness (QED) is 0.142. The second-order valence-corrected chi connectivity index (χ2v) is 12.4. The zero-order valence-corrected chi connectivity index (χ0v) is 25.5. The van der Waals surface area contributed by atoms with E-state index in [1.54, 1.807) is 24.3 Å². The smallest absolute Gasteiger partial charge is 0.300 e. The Kier molecular flexibility index (Phi) is 10.9. The van der Waals surface area contributed by atoms with Crippen molar-refractivity contribution in [2.75, 3.05) is 23.9 Å². The van der Waals surface area contributed by atoms with Gasteiger partial charge in [-0.2, -0.15) is 0 Å². The maximum Gasteiger partial charge on any atom is 0.300 e. The number of aromatic nitrogens is 2. The molecule has 0 amide bonds. The Bertz CT molecular complexity index is 1860. The highest BCUT2D eigenvalue weighted by atomic mass is 35.5. The van der Waals surface area contributed by atoms with Crippen LogP contribution in [0.25, 0.3) is 22.2 Å². The highest BCUT2D eigenvalue weighted by molar-refractivity contribution is 7.90. The lowest BCUT2D eigenvalue weighted by atomic mass is 10.1. The number of furan rings is 1. The van der Waals surface area contributed by atoms with Gasteiger partial charge in [-0.25, -0.2) is 22.8 Å². The van der Waals surface area contributed by atoms with Crippen molar-refractivity contribution in [1.29, 1.82) is 0 Å². The summed E-state index contributed by atoms with van der Waals surface area (Å²) < 4.78 is 47.8. The summed E-state index contributed by atoms with van der Waals surface area (Å²) in [6.07, 6.45) is 2.69. The Labute approximate surface area is 258 Å². The Morgan fingerprint density at radius 1 is 1.07 bits per heavy atom. The number of nitrogens with one attached hydrogen (secondary N) is 2. The van der Waals surface area contributed by atoms with Crippen molar-refractivity contribution in [3.05, 3.63) is 101 Å². The molecule has 0 aliphatic rings. The van der Waals surface area contributed by atoms with Gasteiger partial charge in [-0.1, -0.05) is 23.7 Å². The molecule has 44 heavy (non-hydrogen) atoms. The van der Waals surface area contributed by atoms with E-state index >= 15 is 0 Å². The van der Waals surface area contributed by atoms with Crippen molar-refractivity contribution in [3.63, 3.8) is 0 Å². The van der Waals surface area contributed by atoms with Gasteiger partial charge in [0.1, 0.15) is 51.7 Å². The molecule has 0 saturated carbocycles. The summed E-state index contributed by atoms with van der Waals surface area (Å²) in [7, 11) is -3.02. The van der Waals surface area contributed by atoms with Gasteiger partial charge in [0.2, 0.25) is 0 Å². The van der Waals surface area contributed by atoms with Crippen LogP contribution in [0.1, 0.15) is 18.2 Å². The number of carboxylic acid groups (broad SMARTS) is 1. The topological polar surface area (TPSA) is 144 Å². The number of ether oxygens (including phenoxy) is 1. The molecule has 13 heteroatoms. The van der Waals surface area contributed by atoms with Gasteiger partial charge in [-0.3, -0.25) is 4.79 Å². The van der Waals surface area contributed by atoms with Gasteiger partial charge in [0.15, 0.2) is 0 Å². The number of benzene rings is 3. The Balaban J connectivity index is 0.00000104. The van der Waals surface area contributed by atoms with Crippen LogP contribution in [0.4, 0.5) is 15.9 Å². The molecule has 5 rings (SSSR count). The van der Waals surface area contributed by atoms with Crippen LogP contribution in [0, 0.1) is 5.82 Å². The van der Waals surface area contributed by atoms with Crippen LogP contribution in [0.2, 0.25) is 5.02 Å². The second kappa shape index (κ2) is 14.8. The van der Waals surface area contributed by atoms with Crippen LogP contribution in [0.15, 0.2) is 83.5 Å². The van der Waals surface area contributed by atoms with Crippen molar-refractivity contribution in [2.24, 2.45) is 0 Å². The molecule has 0 aliphatic carbocycles. The van der Waals surface area contributed by atoms with Gasteiger partial charge < -0.3 is 24.9 Å². The van der Waals surface area contributed by atoms with Gasteiger partial charge >= 0.3 is 0 Å². The number of hydrogen-bond donors (Lipinski definition) is 3. The third-order valence-corrected chi connectivity index (χ3v) is 7.25. The average molecular weight is 641 g/mol. The zero-order valence-electron chi connectivity index (χ0n) is 23.9. The van der Waals surface area contributed by atoms with Crippen LogP contribution in [0.3, 0.4) is 0 Å². The Morgan fingerprint density at radius 3 is 2.59 bits per heavy atom. The lowest BCUT2D eigenvalue weighted by Crippen LogP contribution is -2.21. The van der Waals surface area contributed by atoms with E-state index in [-0.39, 0.29) is 18.2 Å². The monoisotopic (exact) mass is 640 g/mol. The van der Waals surface area contributed by atoms with Crippen LogP contribution in [0.5, 0.6) is 5.75 Å². The van der Waals surface area contributed by atoms with Crippen molar-refractivity contribution in [2.45, 2.75) is 20.1 Å². The summed E-state index contributed by atoms with van der Waals surface area (Å²) in [5.41, 5.74) is 2.99. The number of aliphatic carboxylic acids is 1. The van der Waals surface area contributed by atoms with E-state index in [4.69, 9.17) is 30.7 Å². The summed E-state index contributed by atoms with van der Waals surface area (Å²) in [5, 5.41) is 15.0. The summed E-state index contributed by atoms with van der Waals surface area (Å²) in [6.45, 7) is 2.04. The standard InChI is InChI=1S/C29H26ClFN4O4S.C2H4O2/c1-40(36,37)12-11-32-16-23-7-10-27(39-23)20-5-8-26-24(14-20)29(34-18-33-26)35-22-6-9-28(25(30)15-22)38-17-19-3-2-4-21(31)13-19;1-2(3)4/h2-10,13-15,18,32H,11-12,16-17H2,1H3,(H,33,34,35);1H3,(H,3,4). The molecule has 0 atom stereocenters. The second-order valence-electron chi connectivity index (χ2n) is 9.73. The van der Waals surface area contributed by atoms with Crippen molar-refractivity contribution >= 4 is 49.8 Å². The first-order valence-corrected chi connectivity index (χ1v) is 15.8. The normalized spacial score (nSPS) is 11.1. The largest absolute Gasteiger partial charge is 0.487 e. The van der Waals surface area contributed by atoms with Gasteiger partial charge in [0.25, 0.3) is 5.97 Å². The minimum Gasteiger partial charge on any atom is -0.487 e. The first-order valence-electron chi connectivity index (χ1n) is 13.3. The van der Waals surface area contributed by atoms with E-state index < -0.39 is 15.8 Å². The van der Waals surface area contributed by atoms with Crippen molar-refractivity contribution in [3.8, 4) is 17.1 Å². The minimum absolute atomic E-state index is 0.0664. The fourth-order valence-electron chi connectivity index (χ4n) is 4.03. The number of carbonyl (C=O) groups is 1. The van der Waals surface area contributed by atoms with Gasteiger partial charge in [-0.05, 0) is 66.2 Å². The van der Waals surface area contributed by atoms with E-state index in [0.29, 0.717) is 52.5 Å². The highest BCUT2D eigenvalue weighted by Gasteiger charge is 2.11. The SMILES string of the molecule is CC(=O)O.CS(=O)(=O)CCNCc1ccc(-c2ccc3ncnc(Nc4ccc(OCc5cccc(F)c5)c(Cl)c4)c3c2)o1. The van der Waals surface area contributed by atoms with Crippen molar-refractivity contribution < 1.29 is 31.9 Å². The molecule has 10 nitrogen and oxygen atoms in total. The third kappa shape index (κ3) is 9.76. The Morgan fingerprint density at radius 2 is 1.86 bits per heavy atom. The van der Waals surface area contributed by atoms with E-state index in [2.05, 4.69) is 20.6 Å². The fraction of sp³-hybridized carbons (Fsp3) is 0.194. The molecule has 2 heterocycles. The molecule has 230 valence electrons. The van der Waals surface area contributed by atoms with Crippen molar-refractivity contribution in [1.82, 2.24) is 15.3 Å². The maximum atomic E-state index is 13.4. The first-order chi connectivity index (χ1) is 21.0. The molecule has 0 aliphatic heterocycles.